The first-order valence-electron chi connectivity index (χ1n) is 9.51. The molecule has 4 rings (SSSR count). The molecule has 2 aromatic heterocycles. The highest BCUT2D eigenvalue weighted by molar-refractivity contribution is 6.06. The number of aryl methyl sites for hydroxylation is 2. The van der Waals surface area contributed by atoms with Crippen molar-refractivity contribution >= 4 is 22.9 Å². The molecule has 0 aromatic carbocycles. The minimum absolute atomic E-state index is 0.0356. The van der Waals surface area contributed by atoms with Gasteiger partial charge in [-0.1, -0.05) is 5.16 Å². The third-order valence-corrected chi connectivity index (χ3v) is 5.43. The number of hydrogen-bond acceptors (Lipinski definition) is 6. The van der Waals surface area contributed by atoms with Gasteiger partial charge in [-0.25, -0.2) is 4.98 Å². The number of amides is 2. The number of carbonyl (C=O) groups excluding carboxylic acids is 2. The zero-order valence-corrected chi connectivity index (χ0v) is 16.0. The summed E-state index contributed by atoms with van der Waals surface area (Å²) in [5.74, 6) is 0.0513. The lowest BCUT2D eigenvalue weighted by Crippen LogP contribution is -2.55. The molecule has 2 amide bonds. The van der Waals surface area contributed by atoms with Crippen LogP contribution >= 0.6 is 0 Å². The molecule has 2 aliphatic rings. The van der Waals surface area contributed by atoms with Crippen molar-refractivity contribution in [2.45, 2.75) is 45.7 Å². The van der Waals surface area contributed by atoms with Crippen LogP contribution in [0.3, 0.4) is 0 Å². The second-order valence-electron chi connectivity index (χ2n) is 7.55. The van der Waals surface area contributed by atoms with E-state index in [0.717, 1.165) is 18.5 Å². The van der Waals surface area contributed by atoms with Crippen molar-refractivity contribution in [1.29, 1.82) is 0 Å². The predicted molar refractivity (Wildman–Crippen MR) is 99.4 cm³/mol. The summed E-state index contributed by atoms with van der Waals surface area (Å²) in [6, 6.07) is 2.00. The van der Waals surface area contributed by atoms with Crippen molar-refractivity contribution < 1.29 is 14.1 Å². The second kappa shape index (κ2) is 6.92. The van der Waals surface area contributed by atoms with Crippen molar-refractivity contribution in [3.63, 3.8) is 0 Å². The van der Waals surface area contributed by atoms with Crippen LogP contribution in [0.5, 0.6) is 0 Å². The zero-order valence-electron chi connectivity index (χ0n) is 16.0. The van der Waals surface area contributed by atoms with Crippen LogP contribution < -0.4 is 5.32 Å². The molecule has 2 fully saturated rings. The average molecular weight is 371 g/mol. The zero-order chi connectivity index (χ0) is 19.1. The van der Waals surface area contributed by atoms with Crippen LogP contribution in [0.4, 0.5) is 0 Å². The molecule has 8 heteroatoms. The number of pyridine rings is 1. The van der Waals surface area contributed by atoms with Gasteiger partial charge in [-0.15, -0.1) is 0 Å². The highest BCUT2D eigenvalue weighted by Gasteiger charge is 2.31. The summed E-state index contributed by atoms with van der Waals surface area (Å²) in [6.45, 7) is 8.14. The molecular formula is C19H25N5O3. The fourth-order valence-corrected chi connectivity index (χ4v) is 3.58. The van der Waals surface area contributed by atoms with Gasteiger partial charge in [-0.3, -0.25) is 14.5 Å². The van der Waals surface area contributed by atoms with Gasteiger partial charge in [0, 0.05) is 37.9 Å². The normalized spacial score (nSPS) is 19.3. The molecule has 0 radical (unpaired) electrons. The molecule has 1 atom stereocenters. The first-order chi connectivity index (χ1) is 12.9. The Bertz CT molecular complexity index is 881. The molecule has 1 unspecified atom stereocenters. The Kier molecular flexibility index (Phi) is 4.59. The SMILES string of the molecule is Cc1cc(C(=O)N2CCN(C(C)C(=O)NC3CC3)CC2)c2c(C)noc2n1. The van der Waals surface area contributed by atoms with E-state index in [1.54, 1.807) is 6.07 Å². The number of nitrogens with zero attached hydrogens (tertiary/aromatic N) is 4. The maximum atomic E-state index is 13.1. The van der Waals surface area contributed by atoms with E-state index in [4.69, 9.17) is 4.52 Å². The van der Waals surface area contributed by atoms with Gasteiger partial charge in [0.25, 0.3) is 11.6 Å². The van der Waals surface area contributed by atoms with E-state index < -0.39 is 0 Å². The fourth-order valence-electron chi connectivity index (χ4n) is 3.58. The third kappa shape index (κ3) is 3.53. The predicted octanol–water partition coefficient (Wildman–Crippen LogP) is 1.26. The highest BCUT2D eigenvalue weighted by Crippen LogP contribution is 2.24. The van der Waals surface area contributed by atoms with Gasteiger partial charge in [-0.2, -0.15) is 0 Å². The fraction of sp³-hybridized carbons (Fsp3) is 0.579. The molecular weight excluding hydrogens is 346 g/mol. The summed E-state index contributed by atoms with van der Waals surface area (Å²) >= 11 is 0. The summed E-state index contributed by atoms with van der Waals surface area (Å²) in [7, 11) is 0. The van der Waals surface area contributed by atoms with Crippen LogP contribution in [-0.4, -0.2) is 70.0 Å². The molecule has 3 heterocycles. The molecule has 1 N–H and O–H groups in total. The van der Waals surface area contributed by atoms with Crippen molar-refractivity contribution in [2.24, 2.45) is 0 Å². The monoisotopic (exact) mass is 371 g/mol. The van der Waals surface area contributed by atoms with Crippen molar-refractivity contribution in [2.75, 3.05) is 26.2 Å². The number of aromatic nitrogens is 2. The Balaban J connectivity index is 1.44. The first kappa shape index (κ1) is 17.9. The Morgan fingerprint density at radius 3 is 2.59 bits per heavy atom. The summed E-state index contributed by atoms with van der Waals surface area (Å²) in [4.78, 5) is 33.7. The summed E-state index contributed by atoms with van der Waals surface area (Å²) < 4.78 is 5.23. The van der Waals surface area contributed by atoms with E-state index in [2.05, 4.69) is 20.4 Å². The van der Waals surface area contributed by atoms with Gasteiger partial charge in [0.2, 0.25) is 5.91 Å². The van der Waals surface area contributed by atoms with Crippen LogP contribution in [0.25, 0.3) is 11.1 Å². The lowest BCUT2D eigenvalue weighted by atomic mass is 10.1. The van der Waals surface area contributed by atoms with Gasteiger partial charge in [0.15, 0.2) is 0 Å². The Morgan fingerprint density at radius 2 is 1.93 bits per heavy atom. The minimum atomic E-state index is -0.168. The molecule has 0 bridgehead atoms. The average Bonchev–Trinajstić information content (AvgIpc) is 3.41. The van der Waals surface area contributed by atoms with Crippen LogP contribution in [0.15, 0.2) is 10.6 Å². The number of nitrogens with one attached hydrogen (secondary N) is 1. The lowest BCUT2D eigenvalue weighted by molar-refractivity contribution is -0.126. The van der Waals surface area contributed by atoms with E-state index >= 15 is 0 Å². The second-order valence-corrected chi connectivity index (χ2v) is 7.55. The number of rotatable bonds is 4. The van der Waals surface area contributed by atoms with Crippen LogP contribution in [0.2, 0.25) is 0 Å². The molecule has 1 aliphatic carbocycles. The third-order valence-electron chi connectivity index (χ3n) is 5.43. The van der Waals surface area contributed by atoms with Gasteiger partial charge in [0.05, 0.1) is 22.7 Å². The van der Waals surface area contributed by atoms with Crippen LogP contribution in [0.1, 0.15) is 41.5 Å². The topological polar surface area (TPSA) is 91.6 Å². The molecule has 2 aromatic rings. The lowest BCUT2D eigenvalue weighted by Gasteiger charge is -2.37. The highest BCUT2D eigenvalue weighted by atomic mass is 16.5. The van der Waals surface area contributed by atoms with Gasteiger partial charge in [-0.05, 0) is 39.7 Å². The standard InChI is InChI=1S/C19H25N5O3/c1-11-10-15(16-12(2)22-27-18(16)20-11)19(26)24-8-6-23(7-9-24)13(3)17(25)21-14-4-5-14/h10,13-14H,4-9H2,1-3H3,(H,21,25). The Labute approximate surface area is 157 Å². The molecule has 1 saturated carbocycles. The minimum Gasteiger partial charge on any atom is -0.352 e. The summed E-state index contributed by atoms with van der Waals surface area (Å²) in [5.41, 5.74) is 2.39. The van der Waals surface area contributed by atoms with Gasteiger partial charge < -0.3 is 14.7 Å². The summed E-state index contributed by atoms with van der Waals surface area (Å²) in [5, 5.41) is 7.69. The molecule has 1 aliphatic heterocycles. The number of piperazine rings is 1. The van der Waals surface area contributed by atoms with Gasteiger partial charge in [0.1, 0.15) is 0 Å². The number of hydrogen-bond donors (Lipinski definition) is 1. The smallest absolute Gasteiger partial charge is 0.258 e. The van der Waals surface area contributed by atoms with Crippen molar-refractivity contribution in [1.82, 2.24) is 25.3 Å². The van der Waals surface area contributed by atoms with E-state index in [0.29, 0.717) is 54.6 Å². The quantitative estimate of drug-likeness (QED) is 0.870. The summed E-state index contributed by atoms with van der Waals surface area (Å²) in [6.07, 6.45) is 2.17. The van der Waals surface area contributed by atoms with E-state index in [9.17, 15) is 9.59 Å². The Morgan fingerprint density at radius 1 is 1.22 bits per heavy atom. The number of carbonyl (C=O) groups is 2. The maximum absolute atomic E-state index is 13.1. The van der Waals surface area contributed by atoms with Crippen molar-refractivity contribution in [3.8, 4) is 0 Å². The molecule has 27 heavy (non-hydrogen) atoms. The number of fused-ring (bicyclic) bond motifs is 1. The molecule has 144 valence electrons. The van der Waals surface area contributed by atoms with Crippen molar-refractivity contribution in [3.05, 3.63) is 23.0 Å². The maximum Gasteiger partial charge on any atom is 0.258 e. The van der Waals surface area contributed by atoms with Crippen LogP contribution in [0, 0.1) is 13.8 Å². The molecule has 0 spiro atoms. The van der Waals surface area contributed by atoms with E-state index in [1.165, 1.54) is 0 Å². The first-order valence-corrected chi connectivity index (χ1v) is 9.51. The van der Waals surface area contributed by atoms with E-state index in [1.807, 2.05) is 25.7 Å². The van der Waals surface area contributed by atoms with E-state index in [-0.39, 0.29) is 17.9 Å². The van der Waals surface area contributed by atoms with Crippen LogP contribution in [-0.2, 0) is 4.79 Å². The molecule has 1 saturated heterocycles. The molecule has 8 nitrogen and oxygen atoms in total. The van der Waals surface area contributed by atoms with Gasteiger partial charge >= 0.3 is 0 Å². The largest absolute Gasteiger partial charge is 0.352 e. The Hall–Kier alpha value is -2.48.